The molecule has 3 N–H and O–H groups in total. The Balaban J connectivity index is 2.00. The van der Waals surface area contributed by atoms with Gasteiger partial charge in [0.15, 0.2) is 12.3 Å². The van der Waals surface area contributed by atoms with Crippen LogP contribution in [0.4, 0.5) is 0 Å². The van der Waals surface area contributed by atoms with Gasteiger partial charge >= 0.3 is 11.9 Å². The number of nitrogens with one attached hydrogen (secondary N) is 1. The maximum Gasteiger partial charge on any atom is 0.420 e. The first-order valence-electron chi connectivity index (χ1n) is 10.4. The van der Waals surface area contributed by atoms with Gasteiger partial charge in [0.25, 0.3) is 5.79 Å². The van der Waals surface area contributed by atoms with E-state index in [-0.39, 0.29) is 22.8 Å². The van der Waals surface area contributed by atoms with E-state index in [0.717, 1.165) is 5.56 Å². The largest absolute Gasteiger partial charge is 0.475 e. The van der Waals surface area contributed by atoms with Crippen molar-refractivity contribution >= 4 is 23.5 Å². The summed E-state index contributed by atoms with van der Waals surface area (Å²) < 4.78 is 16.4. The molecule has 1 fully saturated rings. The van der Waals surface area contributed by atoms with E-state index in [4.69, 9.17) is 25.8 Å². The van der Waals surface area contributed by atoms with Crippen LogP contribution in [0.2, 0.25) is 5.02 Å². The lowest BCUT2D eigenvalue weighted by Gasteiger charge is -2.39. The van der Waals surface area contributed by atoms with Gasteiger partial charge in [-0.15, -0.1) is 0 Å². The average Bonchev–Trinajstić information content (AvgIpc) is 2.78. The van der Waals surface area contributed by atoms with Gasteiger partial charge in [-0.2, -0.15) is 0 Å². The molecule has 1 saturated heterocycles. The highest BCUT2D eigenvalue weighted by molar-refractivity contribution is 6.31. The van der Waals surface area contributed by atoms with Crippen LogP contribution in [0, 0.1) is 0 Å². The quantitative estimate of drug-likeness (QED) is 0.295. The number of cyclic esters (lactones) is 2. The molecule has 4 unspecified atom stereocenters. The Bertz CT molecular complexity index is 955. The third-order valence-corrected chi connectivity index (χ3v) is 5.33. The zero-order valence-corrected chi connectivity index (χ0v) is 18.5. The summed E-state index contributed by atoms with van der Waals surface area (Å²) in [5.74, 6) is -4.71. The maximum absolute atomic E-state index is 12.1. The van der Waals surface area contributed by atoms with Crippen molar-refractivity contribution < 1.29 is 34.0 Å². The lowest BCUT2D eigenvalue weighted by molar-refractivity contribution is -0.281. The molecule has 32 heavy (non-hydrogen) atoms. The number of carbonyl (C=O) groups excluding carboxylic acids is 2. The molecular formula is C23H26ClNO7. The van der Waals surface area contributed by atoms with Crippen molar-refractivity contribution in [1.29, 1.82) is 0 Å². The van der Waals surface area contributed by atoms with Crippen LogP contribution in [0.5, 0.6) is 5.75 Å². The predicted molar refractivity (Wildman–Crippen MR) is 116 cm³/mol. The topological polar surface area (TPSA) is 114 Å². The smallest absolute Gasteiger partial charge is 0.420 e. The number of hydrogen-bond acceptors (Lipinski definition) is 8. The van der Waals surface area contributed by atoms with Gasteiger partial charge in [-0.3, -0.25) is 5.32 Å². The standard InChI is InChI=1S/C23H26ClNO7/c1-3-19(26)25-20(4-2)30-17-11-10-15(24)13-16(17)23(29)18(31-21(27)22(28)32-23)12-14-8-6-5-7-9-14/h5-11,13,18-20,25-26,29H,3-4,12H2,1-2H3. The minimum absolute atomic E-state index is 0.0259. The number of halogens is 1. The van der Waals surface area contributed by atoms with Crippen LogP contribution >= 0.6 is 11.6 Å². The van der Waals surface area contributed by atoms with Gasteiger partial charge in [-0.25, -0.2) is 9.59 Å². The first-order valence-corrected chi connectivity index (χ1v) is 10.8. The molecule has 4 atom stereocenters. The van der Waals surface area contributed by atoms with E-state index in [1.165, 1.54) is 12.1 Å². The fraction of sp³-hybridized carbons (Fsp3) is 0.391. The normalized spacial score (nSPS) is 22.6. The minimum atomic E-state index is -2.34. The fourth-order valence-electron chi connectivity index (χ4n) is 3.35. The molecular weight excluding hydrogens is 438 g/mol. The zero-order valence-electron chi connectivity index (χ0n) is 17.8. The predicted octanol–water partition coefficient (Wildman–Crippen LogP) is 2.63. The van der Waals surface area contributed by atoms with Gasteiger partial charge in [0, 0.05) is 11.4 Å². The van der Waals surface area contributed by atoms with Crippen molar-refractivity contribution in [2.75, 3.05) is 0 Å². The van der Waals surface area contributed by atoms with Gasteiger partial charge in [-0.05, 0) is 36.6 Å². The molecule has 0 radical (unpaired) electrons. The number of benzene rings is 2. The first-order chi connectivity index (χ1) is 15.3. The Hall–Kier alpha value is -2.65. The summed E-state index contributed by atoms with van der Waals surface area (Å²) in [6.07, 6.45) is -1.62. The summed E-state index contributed by atoms with van der Waals surface area (Å²) >= 11 is 6.18. The second-order valence-electron chi connectivity index (χ2n) is 7.42. The number of rotatable bonds is 9. The molecule has 0 bridgehead atoms. The van der Waals surface area contributed by atoms with Gasteiger partial charge in [0.05, 0.1) is 5.56 Å². The zero-order chi connectivity index (χ0) is 23.3. The highest BCUT2D eigenvalue weighted by Gasteiger charge is 2.53. The lowest BCUT2D eigenvalue weighted by atomic mass is 9.93. The molecule has 1 aliphatic rings. The highest BCUT2D eigenvalue weighted by Crippen LogP contribution is 2.40. The number of aliphatic hydroxyl groups excluding tert-OH is 1. The molecule has 3 rings (SSSR count). The molecule has 172 valence electrons. The fourth-order valence-corrected chi connectivity index (χ4v) is 3.52. The van der Waals surface area contributed by atoms with E-state index < -0.39 is 36.3 Å². The van der Waals surface area contributed by atoms with E-state index in [2.05, 4.69) is 5.32 Å². The van der Waals surface area contributed by atoms with Crippen LogP contribution in [0.15, 0.2) is 48.5 Å². The monoisotopic (exact) mass is 463 g/mol. The van der Waals surface area contributed by atoms with Crippen LogP contribution in [0.25, 0.3) is 0 Å². The molecule has 0 aliphatic carbocycles. The number of hydrogen-bond donors (Lipinski definition) is 3. The summed E-state index contributed by atoms with van der Waals surface area (Å²) in [5.41, 5.74) is 0.781. The molecule has 0 spiro atoms. The molecule has 8 nitrogen and oxygen atoms in total. The summed E-state index contributed by atoms with van der Waals surface area (Å²) in [7, 11) is 0. The van der Waals surface area contributed by atoms with E-state index in [1.807, 2.05) is 19.9 Å². The van der Waals surface area contributed by atoms with Crippen LogP contribution in [-0.4, -0.2) is 40.7 Å². The van der Waals surface area contributed by atoms with Gasteiger partial charge in [-0.1, -0.05) is 55.8 Å². The molecule has 1 heterocycles. The van der Waals surface area contributed by atoms with Crippen molar-refractivity contribution in [3.63, 3.8) is 0 Å². The highest BCUT2D eigenvalue weighted by atomic mass is 35.5. The number of aliphatic hydroxyl groups is 2. The van der Waals surface area contributed by atoms with Crippen LogP contribution < -0.4 is 10.1 Å². The molecule has 2 aromatic carbocycles. The van der Waals surface area contributed by atoms with Crippen molar-refractivity contribution in [2.24, 2.45) is 0 Å². The second kappa shape index (κ2) is 10.3. The van der Waals surface area contributed by atoms with E-state index in [1.54, 1.807) is 30.3 Å². The van der Waals surface area contributed by atoms with E-state index >= 15 is 0 Å². The van der Waals surface area contributed by atoms with Crippen LogP contribution in [0.3, 0.4) is 0 Å². The molecule has 2 aromatic rings. The summed E-state index contributed by atoms with van der Waals surface area (Å²) in [6, 6.07) is 13.5. The van der Waals surface area contributed by atoms with E-state index in [0.29, 0.717) is 12.8 Å². The Morgan fingerprint density at radius 1 is 1.12 bits per heavy atom. The van der Waals surface area contributed by atoms with Gasteiger partial charge < -0.3 is 24.4 Å². The third-order valence-electron chi connectivity index (χ3n) is 5.10. The first kappa shape index (κ1) is 24.0. The van der Waals surface area contributed by atoms with Crippen LogP contribution in [-0.2, 0) is 31.3 Å². The Labute approximate surface area is 191 Å². The molecule has 0 amide bonds. The van der Waals surface area contributed by atoms with Crippen LogP contribution in [0.1, 0.15) is 37.8 Å². The van der Waals surface area contributed by atoms with Crippen molar-refractivity contribution in [2.45, 2.75) is 57.5 Å². The minimum Gasteiger partial charge on any atom is -0.475 e. The second-order valence-corrected chi connectivity index (χ2v) is 7.85. The summed E-state index contributed by atoms with van der Waals surface area (Å²) in [6.45, 7) is 3.66. The molecule has 0 saturated carbocycles. The van der Waals surface area contributed by atoms with Crippen molar-refractivity contribution in [3.8, 4) is 5.75 Å². The Morgan fingerprint density at radius 2 is 1.84 bits per heavy atom. The number of esters is 2. The Morgan fingerprint density at radius 3 is 2.50 bits per heavy atom. The van der Waals surface area contributed by atoms with Crippen molar-refractivity contribution in [3.05, 3.63) is 64.7 Å². The lowest BCUT2D eigenvalue weighted by Crippen LogP contribution is -2.54. The maximum atomic E-state index is 12.1. The molecule has 1 aliphatic heterocycles. The van der Waals surface area contributed by atoms with Gasteiger partial charge in [0.2, 0.25) is 0 Å². The number of ether oxygens (including phenoxy) is 3. The van der Waals surface area contributed by atoms with Crippen molar-refractivity contribution in [1.82, 2.24) is 5.32 Å². The SMILES string of the molecule is CCC(O)NC(CC)Oc1ccc(Cl)cc1C1(O)OC(=O)C(=O)OC1Cc1ccccc1. The Kier molecular flexibility index (Phi) is 7.73. The molecule has 0 aromatic heterocycles. The van der Waals surface area contributed by atoms with Gasteiger partial charge in [0.1, 0.15) is 12.0 Å². The summed E-state index contributed by atoms with van der Waals surface area (Å²) in [4.78, 5) is 24.0. The molecule has 9 heteroatoms. The average molecular weight is 464 g/mol. The third kappa shape index (κ3) is 5.39. The van der Waals surface area contributed by atoms with E-state index in [9.17, 15) is 19.8 Å². The summed E-state index contributed by atoms with van der Waals surface area (Å²) in [5, 5.41) is 24.6. The number of carbonyl (C=O) groups is 2.